The first-order valence-corrected chi connectivity index (χ1v) is 10.1. The number of ether oxygens (including phenoxy) is 2. The van der Waals surface area contributed by atoms with Crippen LogP contribution in [0.25, 0.3) is 0 Å². The summed E-state index contributed by atoms with van der Waals surface area (Å²) >= 11 is 0. The van der Waals surface area contributed by atoms with Crippen LogP contribution in [0.3, 0.4) is 0 Å². The largest absolute Gasteiger partial charge is 0.381 e. The smallest absolute Gasteiger partial charge is 0.0579 e. The van der Waals surface area contributed by atoms with Crippen LogP contribution in [-0.2, 0) is 9.47 Å². The second-order valence-corrected chi connectivity index (χ2v) is 9.78. The van der Waals surface area contributed by atoms with Gasteiger partial charge >= 0.3 is 0 Å². The Labute approximate surface area is 142 Å². The molecule has 0 bridgehead atoms. The van der Waals surface area contributed by atoms with Crippen molar-refractivity contribution < 1.29 is 9.47 Å². The Kier molecular flexibility index (Phi) is 4.08. The van der Waals surface area contributed by atoms with Gasteiger partial charge in [-0.15, -0.1) is 0 Å². The van der Waals surface area contributed by atoms with E-state index in [-0.39, 0.29) is 0 Å². The highest BCUT2D eigenvalue weighted by Gasteiger charge is 2.59. The topological polar surface area (TPSA) is 18.5 Å². The highest BCUT2D eigenvalue weighted by molar-refractivity contribution is 5.08. The van der Waals surface area contributed by atoms with Crippen LogP contribution in [0.15, 0.2) is 0 Å². The summed E-state index contributed by atoms with van der Waals surface area (Å²) in [6.07, 6.45) is 13.5. The predicted octanol–water partition coefficient (Wildman–Crippen LogP) is 5.06. The van der Waals surface area contributed by atoms with Crippen molar-refractivity contribution in [2.24, 2.45) is 34.5 Å². The highest BCUT2D eigenvalue weighted by atomic mass is 16.5. The molecular weight excluding hydrogens is 284 g/mol. The molecule has 0 heterocycles. The molecule has 132 valence electrons. The van der Waals surface area contributed by atoms with E-state index < -0.39 is 0 Å². The van der Waals surface area contributed by atoms with Crippen LogP contribution in [0.4, 0.5) is 0 Å². The van der Waals surface area contributed by atoms with Gasteiger partial charge in [0.15, 0.2) is 0 Å². The Morgan fingerprint density at radius 1 is 0.783 bits per heavy atom. The summed E-state index contributed by atoms with van der Waals surface area (Å²) in [6, 6.07) is 0. The molecule has 0 amide bonds. The predicted molar refractivity (Wildman–Crippen MR) is 93.3 cm³/mol. The lowest BCUT2D eigenvalue weighted by Gasteiger charge is -2.60. The van der Waals surface area contributed by atoms with Crippen LogP contribution < -0.4 is 0 Å². The van der Waals surface area contributed by atoms with Gasteiger partial charge in [0.2, 0.25) is 0 Å². The van der Waals surface area contributed by atoms with Gasteiger partial charge in [-0.2, -0.15) is 0 Å². The molecule has 0 spiro atoms. The molecule has 0 aromatic carbocycles. The van der Waals surface area contributed by atoms with Crippen molar-refractivity contribution in [2.75, 3.05) is 14.2 Å². The van der Waals surface area contributed by atoms with E-state index in [1.807, 2.05) is 14.2 Å². The maximum absolute atomic E-state index is 5.79. The van der Waals surface area contributed by atoms with E-state index in [4.69, 9.17) is 9.47 Å². The van der Waals surface area contributed by atoms with Gasteiger partial charge in [0.05, 0.1) is 12.2 Å². The van der Waals surface area contributed by atoms with Crippen molar-refractivity contribution in [1.29, 1.82) is 0 Å². The van der Waals surface area contributed by atoms with Crippen LogP contribution in [0, 0.1) is 34.5 Å². The Balaban J connectivity index is 1.57. The summed E-state index contributed by atoms with van der Waals surface area (Å²) < 4.78 is 11.5. The molecule has 8 atom stereocenters. The van der Waals surface area contributed by atoms with Gasteiger partial charge in [-0.3, -0.25) is 0 Å². The summed E-state index contributed by atoms with van der Waals surface area (Å²) in [4.78, 5) is 0. The number of hydrogen-bond donors (Lipinski definition) is 0. The Morgan fingerprint density at radius 3 is 2.30 bits per heavy atom. The SMILES string of the molecule is COC1CC[C@@]2(C)C(CC[C@@H]3[C@H]2CC[C@]2(C)CC(OC)C[C@@H]32)C1. The standard InChI is InChI=1S/C21H36O2/c1-20-9-8-18-17(19(20)12-16(13-20)23-4)6-5-14-11-15(22-3)7-10-21(14,18)2/h14-19H,5-13H2,1-4H3/t14?,15?,16?,17-,18-,19+,20-,21+/m1/s1. The van der Waals surface area contributed by atoms with Crippen LogP contribution >= 0.6 is 0 Å². The highest BCUT2D eigenvalue weighted by Crippen LogP contribution is 2.66. The van der Waals surface area contributed by atoms with Crippen LogP contribution in [-0.4, -0.2) is 26.4 Å². The normalized spacial score (nSPS) is 55.8. The monoisotopic (exact) mass is 320 g/mol. The fourth-order valence-electron chi connectivity index (χ4n) is 7.61. The third-order valence-corrected chi connectivity index (χ3v) is 9.01. The minimum Gasteiger partial charge on any atom is -0.381 e. The first-order valence-electron chi connectivity index (χ1n) is 10.1. The lowest BCUT2D eigenvalue weighted by molar-refractivity contribution is -0.125. The molecule has 4 saturated carbocycles. The Morgan fingerprint density at radius 2 is 1.57 bits per heavy atom. The second kappa shape index (κ2) is 5.73. The van der Waals surface area contributed by atoms with E-state index in [0.717, 1.165) is 23.7 Å². The van der Waals surface area contributed by atoms with Crippen molar-refractivity contribution in [3.05, 3.63) is 0 Å². The number of hydrogen-bond acceptors (Lipinski definition) is 2. The third kappa shape index (κ3) is 2.42. The maximum Gasteiger partial charge on any atom is 0.0579 e. The maximum atomic E-state index is 5.79. The van der Waals surface area contributed by atoms with Gasteiger partial charge < -0.3 is 9.47 Å². The average molecular weight is 321 g/mol. The number of rotatable bonds is 2. The molecular formula is C21H36O2. The minimum absolute atomic E-state index is 0.526. The van der Waals surface area contributed by atoms with Crippen molar-refractivity contribution in [3.8, 4) is 0 Å². The molecule has 2 nitrogen and oxygen atoms in total. The molecule has 0 N–H and O–H groups in total. The molecule has 23 heavy (non-hydrogen) atoms. The molecule has 3 unspecified atom stereocenters. The van der Waals surface area contributed by atoms with Gasteiger partial charge in [-0.05, 0) is 92.3 Å². The molecule has 0 aromatic heterocycles. The van der Waals surface area contributed by atoms with Crippen molar-refractivity contribution in [1.82, 2.24) is 0 Å². The van der Waals surface area contributed by atoms with Crippen LogP contribution in [0.2, 0.25) is 0 Å². The third-order valence-electron chi connectivity index (χ3n) is 9.01. The van der Waals surface area contributed by atoms with Crippen molar-refractivity contribution >= 4 is 0 Å². The van der Waals surface area contributed by atoms with Gasteiger partial charge in [-0.25, -0.2) is 0 Å². The molecule has 4 rings (SSSR count). The zero-order chi connectivity index (χ0) is 16.2. The van der Waals surface area contributed by atoms with Gasteiger partial charge in [0.1, 0.15) is 0 Å². The van der Waals surface area contributed by atoms with E-state index in [9.17, 15) is 0 Å². The summed E-state index contributed by atoms with van der Waals surface area (Å²) in [6.45, 7) is 5.22. The van der Waals surface area contributed by atoms with Gasteiger partial charge in [0, 0.05) is 14.2 Å². The van der Waals surface area contributed by atoms with Gasteiger partial charge in [0.25, 0.3) is 0 Å². The Hall–Kier alpha value is -0.0800. The van der Waals surface area contributed by atoms with E-state index in [1.165, 1.54) is 57.8 Å². The second-order valence-electron chi connectivity index (χ2n) is 9.78. The summed E-state index contributed by atoms with van der Waals surface area (Å²) in [5.74, 6) is 3.76. The van der Waals surface area contributed by atoms with E-state index in [2.05, 4.69) is 13.8 Å². The molecule has 4 fully saturated rings. The molecule has 0 aliphatic heterocycles. The first-order chi connectivity index (χ1) is 11.0. The lowest BCUT2D eigenvalue weighted by Crippen LogP contribution is -2.53. The molecule has 4 aliphatic rings. The van der Waals surface area contributed by atoms with Crippen molar-refractivity contribution in [2.45, 2.75) is 83.8 Å². The molecule has 4 aliphatic carbocycles. The van der Waals surface area contributed by atoms with Crippen LogP contribution in [0.5, 0.6) is 0 Å². The quantitative estimate of drug-likeness (QED) is 0.708. The summed E-state index contributed by atoms with van der Waals surface area (Å²) in [5, 5.41) is 0. The average Bonchev–Trinajstić information content (AvgIpc) is 2.91. The Bertz CT molecular complexity index is 449. The minimum atomic E-state index is 0.526. The van der Waals surface area contributed by atoms with E-state index in [1.54, 1.807) is 0 Å². The van der Waals surface area contributed by atoms with Crippen molar-refractivity contribution in [3.63, 3.8) is 0 Å². The molecule has 2 heteroatoms. The zero-order valence-corrected chi connectivity index (χ0v) is 15.6. The summed E-state index contributed by atoms with van der Waals surface area (Å²) in [7, 11) is 3.83. The fraction of sp³-hybridized carbons (Fsp3) is 1.00. The lowest BCUT2D eigenvalue weighted by atomic mass is 9.45. The fourth-order valence-corrected chi connectivity index (χ4v) is 7.61. The van der Waals surface area contributed by atoms with Gasteiger partial charge in [-0.1, -0.05) is 13.8 Å². The number of fused-ring (bicyclic) bond motifs is 5. The molecule has 0 saturated heterocycles. The number of methoxy groups -OCH3 is 2. The van der Waals surface area contributed by atoms with E-state index in [0.29, 0.717) is 23.0 Å². The first kappa shape index (κ1) is 16.4. The molecule has 0 radical (unpaired) electrons. The van der Waals surface area contributed by atoms with Crippen LogP contribution in [0.1, 0.15) is 71.6 Å². The van der Waals surface area contributed by atoms with E-state index >= 15 is 0 Å². The summed E-state index contributed by atoms with van der Waals surface area (Å²) in [5.41, 5.74) is 1.15. The zero-order valence-electron chi connectivity index (χ0n) is 15.6. The molecule has 0 aromatic rings.